The van der Waals surface area contributed by atoms with Crippen molar-refractivity contribution < 1.29 is 4.92 Å². The number of benzene rings is 1. The zero-order chi connectivity index (χ0) is 15.0. The first-order valence-corrected chi connectivity index (χ1v) is 8.93. The van der Waals surface area contributed by atoms with E-state index in [-0.39, 0.29) is 16.7 Å². The number of rotatable bonds is 3. The van der Waals surface area contributed by atoms with E-state index in [4.69, 9.17) is 0 Å². The summed E-state index contributed by atoms with van der Waals surface area (Å²) in [6, 6.07) is 7.51. The Morgan fingerprint density at radius 1 is 1.33 bits per heavy atom. The molecule has 110 valence electrons. The highest BCUT2D eigenvalue weighted by Gasteiger charge is 2.23. The molecule has 21 heavy (non-hydrogen) atoms. The number of anilines is 1. The van der Waals surface area contributed by atoms with Gasteiger partial charge in [-0.1, -0.05) is 0 Å². The van der Waals surface area contributed by atoms with E-state index < -0.39 is 0 Å². The summed E-state index contributed by atoms with van der Waals surface area (Å²) < 4.78 is 1.66. The molecule has 4 nitrogen and oxygen atoms in total. The van der Waals surface area contributed by atoms with Gasteiger partial charge in [-0.25, -0.2) is 0 Å². The molecule has 0 bridgehead atoms. The highest BCUT2D eigenvalue weighted by Crippen LogP contribution is 2.40. The Labute approximate surface area is 143 Å². The Hall–Kier alpha value is -0.920. The van der Waals surface area contributed by atoms with Gasteiger partial charge in [-0.2, -0.15) is 0 Å². The van der Waals surface area contributed by atoms with Crippen LogP contribution in [-0.2, 0) is 6.42 Å². The fraction of sp³-hybridized carbons (Fsp3) is 0.286. The lowest BCUT2D eigenvalue weighted by atomic mass is 9.94. The van der Waals surface area contributed by atoms with Crippen LogP contribution in [0.2, 0.25) is 0 Å². The lowest BCUT2D eigenvalue weighted by molar-refractivity contribution is -0.385. The Morgan fingerprint density at radius 3 is 2.86 bits per heavy atom. The topological polar surface area (TPSA) is 55.2 Å². The fourth-order valence-corrected chi connectivity index (χ4v) is 4.96. The van der Waals surface area contributed by atoms with Gasteiger partial charge < -0.3 is 5.32 Å². The van der Waals surface area contributed by atoms with Crippen LogP contribution in [0, 0.1) is 10.1 Å². The van der Waals surface area contributed by atoms with Crippen molar-refractivity contribution in [3.63, 3.8) is 0 Å². The molecule has 1 aliphatic rings. The molecule has 0 saturated heterocycles. The van der Waals surface area contributed by atoms with Crippen molar-refractivity contribution in [3.8, 4) is 0 Å². The van der Waals surface area contributed by atoms with Gasteiger partial charge in [0.05, 0.1) is 19.2 Å². The van der Waals surface area contributed by atoms with Crippen molar-refractivity contribution in [1.29, 1.82) is 0 Å². The Bertz CT molecular complexity index is 702. The van der Waals surface area contributed by atoms with E-state index in [1.54, 1.807) is 23.5 Å². The first-order chi connectivity index (χ1) is 10.0. The maximum absolute atomic E-state index is 10.8. The summed E-state index contributed by atoms with van der Waals surface area (Å²) in [6.45, 7) is 0. The number of halogens is 2. The number of hydrogen-bond donors (Lipinski definition) is 1. The maximum atomic E-state index is 10.8. The molecule has 0 saturated carbocycles. The van der Waals surface area contributed by atoms with Crippen molar-refractivity contribution in [2.24, 2.45) is 0 Å². The van der Waals surface area contributed by atoms with Gasteiger partial charge in [-0.05, 0) is 74.9 Å². The summed E-state index contributed by atoms with van der Waals surface area (Å²) in [5.41, 5.74) is 2.32. The number of aryl methyl sites for hydroxylation is 1. The molecular weight excluding hydrogens is 420 g/mol. The summed E-state index contributed by atoms with van der Waals surface area (Å²) >= 11 is 8.60. The van der Waals surface area contributed by atoms with Gasteiger partial charge in [-0.3, -0.25) is 10.1 Å². The molecule has 0 spiro atoms. The van der Waals surface area contributed by atoms with E-state index in [2.05, 4.69) is 43.2 Å². The zero-order valence-corrected chi connectivity index (χ0v) is 14.9. The van der Waals surface area contributed by atoms with Crippen LogP contribution in [0.4, 0.5) is 11.4 Å². The summed E-state index contributed by atoms with van der Waals surface area (Å²) in [4.78, 5) is 11.9. The molecule has 2 aromatic rings. The monoisotopic (exact) mass is 430 g/mol. The Balaban J connectivity index is 1.84. The molecule has 1 aromatic carbocycles. The lowest BCUT2D eigenvalue weighted by Crippen LogP contribution is -2.15. The van der Waals surface area contributed by atoms with E-state index in [0.29, 0.717) is 4.47 Å². The van der Waals surface area contributed by atoms with Crippen LogP contribution < -0.4 is 5.32 Å². The Kier molecular flexibility index (Phi) is 4.33. The molecule has 0 amide bonds. The predicted octanol–water partition coefficient (Wildman–Crippen LogP) is 5.67. The minimum atomic E-state index is -0.386. The normalized spacial score (nSPS) is 17.3. The van der Waals surface area contributed by atoms with Gasteiger partial charge in [0, 0.05) is 16.6 Å². The minimum absolute atomic E-state index is 0.0863. The number of nitrogens with zero attached hydrogens (tertiary/aromatic N) is 1. The second-order valence-corrected chi connectivity index (χ2v) is 8.31. The number of hydrogen-bond acceptors (Lipinski definition) is 4. The molecule has 1 N–H and O–H groups in total. The van der Waals surface area contributed by atoms with Gasteiger partial charge in [0.2, 0.25) is 0 Å². The van der Waals surface area contributed by atoms with Crippen molar-refractivity contribution in [3.05, 3.63) is 53.1 Å². The first-order valence-electron chi connectivity index (χ1n) is 6.53. The zero-order valence-electron chi connectivity index (χ0n) is 10.9. The number of nitro groups is 1. The van der Waals surface area contributed by atoms with Gasteiger partial charge in [0.25, 0.3) is 5.69 Å². The average molecular weight is 432 g/mol. The standard InChI is InChI=1S/C14H12Br2N2O2S/c15-10-6-8(4-5-12(10)18(19)20)17-11-2-1-3-13-9(11)7-14(16)21-13/h4-7,11,17H,1-3H2. The largest absolute Gasteiger partial charge is 0.378 e. The summed E-state index contributed by atoms with van der Waals surface area (Å²) in [6.07, 6.45) is 3.37. The molecule has 1 heterocycles. The third kappa shape index (κ3) is 3.14. The quantitative estimate of drug-likeness (QED) is 0.503. The second-order valence-electron chi connectivity index (χ2n) is 4.94. The molecule has 1 aromatic heterocycles. The summed E-state index contributed by atoms with van der Waals surface area (Å²) in [5, 5.41) is 14.3. The molecule has 1 aliphatic carbocycles. The molecule has 1 unspecified atom stereocenters. The van der Waals surface area contributed by atoms with Crippen LogP contribution >= 0.6 is 43.2 Å². The van der Waals surface area contributed by atoms with E-state index in [1.165, 1.54) is 16.5 Å². The fourth-order valence-electron chi connectivity index (χ4n) is 2.62. The van der Waals surface area contributed by atoms with E-state index in [1.807, 2.05) is 0 Å². The molecule has 0 fully saturated rings. The SMILES string of the molecule is O=[N+]([O-])c1ccc(NC2CCCc3sc(Br)cc32)cc1Br. The maximum Gasteiger partial charge on any atom is 0.283 e. The summed E-state index contributed by atoms with van der Waals surface area (Å²) in [7, 11) is 0. The van der Waals surface area contributed by atoms with Crippen molar-refractivity contribution in [2.75, 3.05) is 5.32 Å². The molecule has 7 heteroatoms. The second kappa shape index (κ2) is 6.06. The van der Waals surface area contributed by atoms with Gasteiger partial charge in [0.15, 0.2) is 0 Å². The summed E-state index contributed by atoms with van der Waals surface area (Å²) in [5.74, 6) is 0. The van der Waals surface area contributed by atoms with Crippen LogP contribution in [-0.4, -0.2) is 4.92 Å². The molecule has 3 rings (SSSR count). The van der Waals surface area contributed by atoms with Crippen LogP contribution in [0.25, 0.3) is 0 Å². The van der Waals surface area contributed by atoms with Crippen LogP contribution in [0.5, 0.6) is 0 Å². The number of nitro benzene ring substituents is 1. The third-order valence-electron chi connectivity index (χ3n) is 3.57. The van der Waals surface area contributed by atoms with Crippen molar-refractivity contribution in [2.45, 2.75) is 25.3 Å². The van der Waals surface area contributed by atoms with E-state index in [0.717, 1.165) is 28.7 Å². The van der Waals surface area contributed by atoms with Gasteiger partial charge in [0.1, 0.15) is 0 Å². The first kappa shape index (κ1) is 15.0. The van der Waals surface area contributed by atoms with Gasteiger partial charge >= 0.3 is 0 Å². The number of nitrogens with one attached hydrogen (secondary N) is 1. The average Bonchev–Trinajstić information content (AvgIpc) is 2.80. The smallest absolute Gasteiger partial charge is 0.283 e. The van der Waals surface area contributed by atoms with Crippen molar-refractivity contribution >= 4 is 54.6 Å². The molecule has 0 aliphatic heterocycles. The number of thiophene rings is 1. The van der Waals surface area contributed by atoms with E-state index >= 15 is 0 Å². The van der Waals surface area contributed by atoms with Crippen LogP contribution in [0.15, 0.2) is 32.5 Å². The number of fused-ring (bicyclic) bond motifs is 1. The molecular formula is C14H12Br2N2O2S. The molecule has 1 atom stereocenters. The Morgan fingerprint density at radius 2 is 2.14 bits per heavy atom. The lowest BCUT2D eigenvalue weighted by Gasteiger charge is -2.24. The minimum Gasteiger partial charge on any atom is -0.378 e. The van der Waals surface area contributed by atoms with Crippen LogP contribution in [0.3, 0.4) is 0 Å². The third-order valence-corrected chi connectivity index (χ3v) is 5.92. The highest BCUT2D eigenvalue weighted by molar-refractivity contribution is 9.11. The van der Waals surface area contributed by atoms with Gasteiger partial charge in [-0.15, -0.1) is 11.3 Å². The molecule has 0 radical (unpaired) electrons. The van der Waals surface area contributed by atoms with Crippen molar-refractivity contribution in [1.82, 2.24) is 0 Å². The highest BCUT2D eigenvalue weighted by atomic mass is 79.9. The van der Waals surface area contributed by atoms with E-state index in [9.17, 15) is 10.1 Å². The van der Waals surface area contributed by atoms with Crippen LogP contribution in [0.1, 0.15) is 29.3 Å². The predicted molar refractivity (Wildman–Crippen MR) is 92.1 cm³/mol.